The Hall–Kier alpha value is -2.99. The van der Waals surface area contributed by atoms with Crippen LogP contribution >= 0.6 is 11.6 Å². The third-order valence-electron chi connectivity index (χ3n) is 4.36. The Labute approximate surface area is 168 Å². The Bertz CT molecular complexity index is 984. The van der Waals surface area contributed by atoms with Gasteiger partial charge in [0.1, 0.15) is 5.56 Å². The van der Waals surface area contributed by atoms with Crippen LogP contribution < -0.4 is 14.8 Å². The van der Waals surface area contributed by atoms with Crippen LogP contribution in [0.1, 0.15) is 21.6 Å². The summed E-state index contributed by atoms with van der Waals surface area (Å²) in [7, 11) is 3.18. The highest BCUT2D eigenvalue weighted by Crippen LogP contribution is 2.32. The summed E-state index contributed by atoms with van der Waals surface area (Å²) in [5, 5.41) is 7.35. The second kappa shape index (κ2) is 8.80. The van der Waals surface area contributed by atoms with E-state index in [1.54, 1.807) is 33.3 Å². The number of aromatic nitrogens is 1. The lowest BCUT2D eigenvalue weighted by atomic mass is 10.1. The summed E-state index contributed by atoms with van der Waals surface area (Å²) in [4.78, 5) is 12.7. The summed E-state index contributed by atoms with van der Waals surface area (Å²) >= 11 is 6.24. The molecule has 1 amide bonds. The minimum Gasteiger partial charge on any atom is -0.493 e. The first-order valence-corrected chi connectivity index (χ1v) is 9.13. The number of methoxy groups -OCH3 is 2. The Balaban J connectivity index is 1.71. The molecule has 0 aliphatic carbocycles. The smallest absolute Gasteiger partial charge is 0.257 e. The van der Waals surface area contributed by atoms with Crippen LogP contribution in [0, 0.1) is 6.92 Å². The molecule has 28 heavy (non-hydrogen) atoms. The van der Waals surface area contributed by atoms with E-state index < -0.39 is 0 Å². The van der Waals surface area contributed by atoms with Crippen molar-refractivity contribution in [2.45, 2.75) is 13.3 Å². The first kappa shape index (κ1) is 19.8. The summed E-state index contributed by atoms with van der Waals surface area (Å²) in [6.07, 6.45) is 0.637. The Morgan fingerprint density at radius 3 is 2.61 bits per heavy atom. The van der Waals surface area contributed by atoms with Crippen molar-refractivity contribution in [1.82, 2.24) is 10.5 Å². The lowest BCUT2D eigenvalue weighted by Crippen LogP contribution is -2.26. The van der Waals surface area contributed by atoms with E-state index in [1.165, 1.54) is 0 Å². The maximum absolute atomic E-state index is 12.7. The van der Waals surface area contributed by atoms with E-state index in [2.05, 4.69) is 10.5 Å². The molecule has 0 aliphatic heterocycles. The van der Waals surface area contributed by atoms with Crippen LogP contribution in [0.4, 0.5) is 0 Å². The molecular weight excluding hydrogens is 380 g/mol. The molecule has 146 valence electrons. The van der Waals surface area contributed by atoms with Crippen LogP contribution in [0.15, 0.2) is 47.0 Å². The number of carbonyl (C=O) groups is 1. The molecule has 6 nitrogen and oxygen atoms in total. The number of ether oxygens (including phenoxy) is 2. The van der Waals surface area contributed by atoms with E-state index in [9.17, 15) is 4.79 Å². The number of hydrogen-bond donors (Lipinski definition) is 1. The maximum Gasteiger partial charge on any atom is 0.257 e. The topological polar surface area (TPSA) is 73.6 Å². The first-order valence-electron chi connectivity index (χ1n) is 8.75. The van der Waals surface area contributed by atoms with E-state index in [-0.39, 0.29) is 5.91 Å². The monoisotopic (exact) mass is 400 g/mol. The van der Waals surface area contributed by atoms with Gasteiger partial charge in [-0.2, -0.15) is 0 Å². The van der Waals surface area contributed by atoms with Gasteiger partial charge in [-0.15, -0.1) is 0 Å². The SMILES string of the molecule is COc1ccc(CCNC(=O)c2c(C)noc2-c2ccccc2Cl)cc1OC. The standard InChI is InChI=1S/C21H21ClN2O4/c1-13-19(20(28-24-13)15-6-4-5-7-16(15)22)21(25)23-11-10-14-8-9-17(26-2)18(12-14)27-3/h4-9,12H,10-11H2,1-3H3,(H,23,25). The molecule has 1 heterocycles. The largest absolute Gasteiger partial charge is 0.493 e. The van der Waals surface area contributed by atoms with Crippen molar-refractivity contribution in [2.75, 3.05) is 20.8 Å². The van der Waals surface area contributed by atoms with Gasteiger partial charge in [0, 0.05) is 12.1 Å². The van der Waals surface area contributed by atoms with Gasteiger partial charge >= 0.3 is 0 Å². The molecule has 0 bridgehead atoms. The quantitative estimate of drug-likeness (QED) is 0.640. The van der Waals surface area contributed by atoms with Gasteiger partial charge in [0.2, 0.25) is 0 Å². The molecule has 3 rings (SSSR count). The van der Waals surface area contributed by atoms with Crippen LogP contribution in [0.5, 0.6) is 11.5 Å². The minimum atomic E-state index is -0.255. The average Bonchev–Trinajstić information content (AvgIpc) is 3.09. The molecule has 0 fully saturated rings. The van der Waals surface area contributed by atoms with Gasteiger partial charge in [-0.3, -0.25) is 4.79 Å². The number of aryl methyl sites for hydroxylation is 1. The van der Waals surface area contributed by atoms with Gasteiger partial charge in [-0.25, -0.2) is 0 Å². The van der Waals surface area contributed by atoms with E-state index in [0.29, 0.717) is 52.1 Å². The molecule has 0 saturated heterocycles. The second-order valence-electron chi connectivity index (χ2n) is 6.15. The lowest BCUT2D eigenvalue weighted by molar-refractivity contribution is 0.0954. The zero-order chi connectivity index (χ0) is 20.1. The van der Waals surface area contributed by atoms with Crippen LogP contribution in [-0.4, -0.2) is 31.8 Å². The van der Waals surface area contributed by atoms with Crippen molar-refractivity contribution in [1.29, 1.82) is 0 Å². The number of rotatable bonds is 7. The highest BCUT2D eigenvalue weighted by Gasteiger charge is 2.23. The van der Waals surface area contributed by atoms with Crippen molar-refractivity contribution in [3.05, 3.63) is 64.3 Å². The number of benzene rings is 2. The van der Waals surface area contributed by atoms with Gasteiger partial charge in [0.05, 0.1) is 24.9 Å². The number of halogens is 1. The number of amides is 1. The van der Waals surface area contributed by atoms with Crippen molar-refractivity contribution in [3.8, 4) is 22.8 Å². The molecule has 0 saturated carbocycles. The molecule has 0 atom stereocenters. The molecule has 1 N–H and O–H groups in total. The molecule has 0 spiro atoms. The van der Waals surface area contributed by atoms with E-state index in [4.69, 9.17) is 25.6 Å². The average molecular weight is 401 g/mol. The Morgan fingerprint density at radius 1 is 1.14 bits per heavy atom. The van der Waals surface area contributed by atoms with Crippen LogP contribution in [0.2, 0.25) is 5.02 Å². The fourth-order valence-corrected chi connectivity index (χ4v) is 3.13. The van der Waals surface area contributed by atoms with Gasteiger partial charge in [-0.1, -0.05) is 35.0 Å². The summed E-state index contributed by atoms with van der Waals surface area (Å²) < 4.78 is 15.9. The molecule has 7 heteroatoms. The summed E-state index contributed by atoms with van der Waals surface area (Å²) in [5.74, 6) is 1.43. The maximum atomic E-state index is 12.7. The van der Waals surface area contributed by atoms with Crippen LogP contribution in [-0.2, 0) is 6.42 Å². The number of nitrogens with zero attached hydrogens (tertiary/aromatic N) is 1. The molecular formula is C21H21ClN2O4. The molecule has 3 aromatic rings. The Kier molecular flexibility index (Phi) is 6.21. The van der Waals surface area contributed by atoms with Gasteiger partial charge in [-0.05, 0) is 43.2 Å². The summed E-state index contributed by atoms with van der Waals surface area (Å²) in [6, 6.07) is 12.9. The second-order valence-corrected chi connectivity index (χ2v) is 6.55. The fraction of sp³-hybridized carbons (Fsp3) is 0.238. The number of hydrogen-bond acceptors (Lipinski definition) is 5. The highest BCUT2D eigenvalue weighted by atomic mass is 35.5. The molecule has 0 aliphatic rings. The predicted octanol–water partition coefficient (Wildman–Crippen LogP) is 4.29. The normalized spacial score (nSPS) is 10.6. The third kappa shape index (κ3) is 4.12. The molecule has 0 radical (unpaired) electrons. The van der Waals surface area contributed by atoms with Gasteiger partial charge in [0.25, 0.3) is 5.91 Å². The Morgan fingerprint density at radius 2 is 1.89 bits per heavy atom. The fourth-order valence-electron chi connectivity index (χ4n) is 2.91. The molecule has 1 aromatic heterocycles. The van der Waals surface area contributed by atoms with Gasteiger partial charge < -0.3 is 19.3 Å². The minimum absolute atomic E-state index is 0.255. The number of carbonyl (C=O) groups excluding carboxylic acids is 1. The van der Waals surface area contributed by atoms with Crippen molar-refractivity contribution in [2.24, 2.45) is 0 Å². The first-order chi connectivity index (χ1) is 13.5. The van der Waals surface area contributed by atoms with Crippen LogP contribution in [0.25, 0.3) is 11.3 Å². The van der Waals surface area contributed by atoms with Crippen molar-refractivity contribution >= 4 is 17.5 Å². The van der Waals surface area contributed by atoms with Crippen molar-refractivity contribution in [3.63, 3.8) is 0 Å². The zero-order valence-electron chi connectivity index (χ0n) is 15.9. The summed E-state index contributed by atoms with van der Waals surface area (Å²) in [5.41, 5.74) is 2.56. The molecule has 2 aromatic carbocycles. The van der Waals surface area contributed by atoms with E-state index >= 15 is 0 Å². The van der Waals surface area contributed by atoms with E-state index in [1.807, 2.05) is 30.3 Å². The molecule has 0 unspecified atom stereocenters. The van der Waals surface area contributed by atoms with Crippen molar-refractivity contribution < 1.29 is 18.8 Å². The van der Waals surface area contributed by atoms with E-state index in [0.717, 1.165) is 5.56 Å². The number of nitrogens with one attached hydrogen (secondary N) is 1. The predicted molar refractivity (Wildman–Crippen MR) is 107 cm³/mol. The zero-order valence-corrected chi connectivity index (χ0v) is 16.7. The summed E-state index contributed by atoms with van der Waals surface area (Å²) in [6.45, 7) is 2.17. The third-order valence-corrected chi connectivity index (χ3v) is 4.69. The van der Waals surface area contributed by atoms with Crippen LogP contribution in [0.3, 0.4) is 0 Å². The highest BCUT2D eigenvalue weighted by molar-refractivity contribution is 6.33. The van der Waals surface area contributed by atoms with Gasteiger partial charge in [0.15, 0.2) is 17.3 Å². The lowest BCUT2D eigenvalue weighted by Gasteiger charge is -2.10.